The Kier molecular flexibility index (Phi) is 7.43. The standard InChI is InChI=1S/C19H25N3O2S.ClH/c1-3-24-15-9-7-13(8-10-15)18-12(2)25-19(22-18)21-17(23)11-14-5-4-6-16(14)20;/h7-10,14,16H,3-6,11,20H2,1-2H3,(H,21,22,23);1H/t14-,16+;/m0./s1. The van der Waals surface area contributed by atoms with Gasteiger partial charge in [0.15, 0.2) is 5.13 Å². The second kappa shape index (κ2) is 9.35. The van der Waals surface area contributed by atoms with Crippen LogP contribution < -0.4 is 15.8 Å². The van der Waals surface area contributed by atoms with E-state index < -0.39 is 0 Å². The minimum Gasteiger partial charge on any atom is -0.494 e. The zero-order valence-corrected chi connectivity index (χ0v) is 16.8. The van der Waals surface area contributed by atoms with Crippen molar-refractivity contribution < 1.29 is 9.53 Å². The fraction of sp³-hybridized carbons (Fsp3) is 0.474. The number of nitrogens with two attached hydrogens (primary N) is 1. The number of ether oxygens (including phenoxy) is 1. The first-order valence-electron chi connectivity index (χ1n) is 8.83. The number of carbonyl (C=O) groups excluding carboxylic acids is 1. The number of aryl methyl sites for hydroxylation is 1. The number of anilines is 1. The highest BCUT2D eigenvalue weighted by molar-refractivity contribution is 7.16. The predicted molar refractivity (Wildman–Crippen MR) is 109 cm³/mol. The molecule has 0 bridgehead atoms. The van der Waals surface area contributed by atoms with Crippen molar-refractivity contribution in [2.45, 2.75) is 45.6 Å². The van der Waals surface area contributed by atoms with Crippen molar-refractivity contribution in [3.05, 3.63) is 29.1 Å². The molecule has 0 saturated heterocycles. The molecule has 0 spiro atoms. The van der Waals surface area contributed by atoms with Crippen molar-refractivity contribution in [3.63, 3.8) is 0 Å². The van der Waals surface area contributed by atoms with Gasteiger partial charge < -0.3 is 15.8 Å². The van der Waals surface area contributed by atoms with E-state index in [0.717, 1.165) is 41.1 Å². The van der Waals surface area contributed by atoms with Crippen molar-refractivity contribution >= 4 is 34.8 Å². The number of hydrogen-bond acceptors (Lipinski definition) is 5. The maximum atomic E-state index is 12.3. The van der Waals surface area contributed by atoms with Crippen molar-refractivity contribution in [2.24, 2.45) is 11.7 Å². The lowest BCUT2D eigenvalue weighted by atomic mass is 10.00. The van der Waals surface area contributed by atoms with Crippen molar-refractivity contribution in [1.29, 1.82) is 0 Å². The Morgan fingerprint density at radius 2 is 2.08 bits per heavy atom. The second-order valence-electron chi connectivity index (χ2n) is 6.49. The average Bonchev–Trinajstić information content (AvgIpc) is 3.14. The zero-order chi connectivity index (χ0) is 17.8. The molecule has 142 valence electrons. The average molecular weight is 396 g/mol. The fourth-order valence-electron chi connectivity index (χ4n) is 3.32. The maximum Gasteiger partial charge on any atom is 0.226 e. The molecule has 3 N–H and O–H groups in total. The van der Waals surface area contributed by atoms with Gasteiger partial charge in [0.25, 0.3) is 0 Å². The topological polar surface area (TPSA) is 77.2 Å². The molecule has 26 heavy (non-hydrogen) atoms. The zero-order valence-electron chi connectivity index (χ0n) is 15.2. The van der Waals surface area contributed by atoms with E-state index >= 15 is 0 Å². The van der Waals surface area contributed by atoms with Gasteiger partial charge in [0.05, 0.1) is 12.3 Å². The Bertz CT molecular complexity index is 733. The molecular weight excluding hydrogens is 370 g/mol. The Balaban J connectivity index is 0.00000243. The normalized spacial score (nSPS) is 19.0. The summed E-state index contributed by atoms with van der Waals surface area (Å²) >= 11 is 1.51. The molecule has 1 aliphatic carbocycles. The number of halogens is 1. The first-order chi connectivity index (χ1) is 12.1. The quantitative estimate of drug-likeness (QED) is 0.760. The minimum atomic E-state index is 0. The van der Waals surface area contributed by atoms with Crippen LogP contribution in [0.4, 0.5) is 5.13 Å². The third-order valence-electron chi connectivity index (χ3n) is 4.65. The molecule has 0 radical (unpaired) electrons. The van der Waals surface area contributed by atoms with Gasteiger partial charge in [0.1, 0.15) is 5.75 Å². The van der Waals surface area contributed by atoms with Gasteiger partial charge in [-0.1, -0.05) is 6.42 Å². The van der Waals surface area contributed by atoms with E-state index in [9.17, 15) is 4.79 Å². The highest BCUT2D eigenvalue weighted by Gasteiger charge is 2.26. The molecule has 1 saturated carbocycles. The number of nitrogens with one attached hydrogen (secondary N) is 1. The smallest absolute Gasteiger partial charge is 0.226 e. The number of rotatable bonds is 6. The van der Waals surface area contributed by atoms with Crippen molar-refractivity contribution in [1.82, 2.24) is 4.98 Å². The molecular formula is C19H26ClN3O2S. The lowest BCUT2D eigenvalue weighted by Gasteiger charge is -2.13. The molecule has 3 rings (SSSR count). The lowest BCUT2D eigenvalue weighted by molar-refractivity contribution is -0.117. The molecule has 1 aromatic heterocycles. The van der Waals surface area contributed by atoms with Crippen molar-refractivity contribution in [3.8, 4) is 17.0 Å². The third-order valence-corrected chi connectivity index (χ3v) is 5.53. The first-order valence-corrected chi connectivity index (χ1v) is 9.64. The highest BCUT2D eigenvalue weighted by atomic mass is 35.5. The molecule has 1 aromatic carbocycles. The highest BCUT2D eigenvalue weighted by Crippen LogP contribution is 2.32. The summed E-state index contributed by atoms with van der Waals surface area (Å²) in [7, 11) is 0. The molecule has 1 heterocycles. The summed E-state index contributed by atoms with van der Waals surface area (Å²) in [5, 5.41) is 3.59. The summed E-state index contributed by atoms with van der Waals surface area (Å²) in [6.45, 7) is 4.63. The monoisotopic (exact) mass is 395 g/mol. The summed E-state index contributed by atoms with van der Waals surface area (Å²) in [5.41, 5.74) is 7.98. The fourth-order valence-corrected chi connectivity index (χ4v) is 4.17. The van der Waals surface area contributed by atoms with Crippen LogP contribution in [0.15, 0.2) is 24.3 Å². The van der Waals surface area contributed by atoms with Gasteiger partial charge in [-0.25, -0.2) is 4.98 Å². The molecule has 1 fully saturated rings. The van der Waals surface area contributed by atoms with Gasteiger partial charge in [-0.3, -0.25) is 4.79 Å². The summed E-state index contributed by atoms with van der Waals surface area (Å²) in [6.07, 6.45) is 3.68. The van der Waals surface area contributed by atoms with Crippen LogP contribution in [0.25, 0.3) is 11.3 Å². The predicted octanol–water partition coefficient (Wildman–Crippen LogP) is 4.40. The number of benzene rings is 1. The van der Waals surface area contributed by atoms with Gasteiger partial charge in [-0.2, -0.15) is 0 Å². The number of nitrogens with zero attached hydrogens (tertiary/aromatic N) is 1. The molecule has 1 aliphatic rings. The van der Waals surface area contributed by atoms with Crippen LogP contribution in [-0.2, 0) is 4.79 Å². The maximum absolute atomic E-state index is 12.3. The van der Waals surface area contributed by atoms with Crippen LogP contribution in [0, 0.1) is 12.8 Å². The van der Waals surface area contributed by atoms with Crippen LogP contribution in [0.1, 0.15) is 37.5 Å². The third kappa shape index (κ3) is 4.96. The molecule has 2 aromatic rings. The molecule has 0 unspecified atom stereocenters. The van der Waals surface area contributed by atoms with E-state index in [0.29, 0.717) is 24.1 Å². The molecule has 0 aliphatic heterocycles. The Hall–Kier alpha value is -1.63. The Morgan fingerprint density at radius 3 is 2.69 bits per heavy atom. The number of thiazole rings is 1. The summed E-state index contributed by atoms with van der Waals surface area (Å²) in [6, 6.07) is 8.03. The molecule has 1 amide bonds. The molecule has 7 heteroatoms. The summed E-state index contributed by atoms with van der Waals surface area (Å²) in [4.78, 5) is 18.0. The van der Waals surface area contributed by atoms with E-state index in [-0.39, 0.29) is 24.4 Å². The van der Waals surface area contributed by atoms with Gasteiger partial charge in [0.2, 0.25) is 5.91 Å². The lowest BCUT2D eigenvalue weighted by Crippen LogP contribution is -2.28. The SMILES string of the molecule is CCOc1ccc(-c2nc(NC(=O)C[C@@H]3CCC[C@H]3N)sc2C)cc1.Cl. The van der Waals surface area contributed by atoms with Crippen LogP contribution in [0.2, 0.25) is 0 Å². The minimum absolute atomic E-state index is 0. The van der Waals surface area contributed by atoms with Gasteiger partial charge in [-0.05, 0) is 56.9 Å². The molecule has 5 nitrogen and oxygen atoms in total. The number of aromatic nitrogens is 1. The Labute approximate surface area is 164 Å². The van der Waals surface area contributed by atoms with Crippen LogP contribution in [-0.4, -0.2) is 23.5 Å². The van der Waals surface area contributed by atoms with E-state index in [1.54, 1.807) is 0 Å². The largest absolute Gasteiger partial charge is 0.494 e. The van der Waals surface area contributed by atoms with E-state index in [4.69, 9.17) is 10.5 Å². The van der Waals surface area contributed by atoms with E-state index in [1.807, 2.05) is 38.1 Å². The van der Waals surface area contributed by atoms with Gasteiger partial charge >= 0.3 is 0 Å². The summed E-state index contributed by atoms with van der Waals surface area (Å²) in [5.74, 6) is 1.15. The van der Waals surface area contributed by atoms with Gasteiger partial charge in [0, 0.05) is 22.9 Å². The number of carbonyl (C=O) groups is 1. The van der Waals surface area contributed by atoms with Gasteiger partial charge in [-0.15, -0.1) is 23.7 Å². The van der Waals surface area contributed by atoms with E-state index in [1.165, 1.54) is 11.3 Å². The summed E-state index contributed by atoms with van der Waals surface area (Å²) < 4.78 is 5.47. The number of amides is 1. The first kappa shape index (κ1) is 20.7. The number of hydrogen-bond donors (Lipinski definition) is 2. The van der Waals surface area contributed by atoms with Crippen LogP contribution >= 0.6 is 23.7 Å². The second-order valence-corrected chi connectivity index (χ2v) is 7.69. The van der Waals surface area contributed by atoms with Crippen LogP contribution in [0.3, 0.4) is 0 Å². The Morgan fingerprint density at radius 1 is 1.35 bits per heavy atom. The molecule has 2 atom stereocenters. The van der Waals surface area contributed by atoms with Crippen LogP contribution in [0.5, 0.6) is 5.75 Å². The van der Waals surface area contributed by atoms with E-state index in [2.05, 4.69) is 10.3 Å². The van der Waals surface area contributed by atoms with Crippen molar-refractivity contribution in [2.75, 3.05) is 11.9 Å².